The van der Waals surface area contributed by atoms with Crippen molar-refractivity contribution in [3.63, 3.8) is 0 Å². The highest BCUT2D eigenvalue weighted by molar-refractivity contribution is 5.68. The standard InChI is InChI=1S/C25H28N6O3/c1-4-34-19-9-7-17(8-10-19)22-6-5-12-30(22)23-24-28-25(29-31(24)13-11-26-23)27-18-14-20(32-2)16-21(15-18)33-3/h7-11,13-16,22H,4-6,12H2,1-3H3,(H,27,29). The molecule has 3 heterocycles. The number of ether oxygens (including phenoxy) is 3. The monoisotopic (exact) mass is 460 g/mol. The highest BCUT2D eigenvalue weighted by Crippen LogP contribution is 2.37. The second kappa shape index (κ2) is 9.46. The Balaban J connectivity index is 1.44. The van der Waals surface area contributed by atoms with Gasteiger partial charge < -0.3 is 24.4 Å². The van der Waals surface area contributed by atoms with Crippen molar-refractivity contribution in [3.05, 3.63) is 60.4 Å². The van der Waals surface area contributed by atoms with Gasteiger partial charge in [0, 0.05) is 42.8 Å². The molecule has 9 heteroatoms. The van der Waals surface area contributed by atoms with E-state index in [4.69, 9.17) is 24.2 Å². The topological polar surface area (TPSA) is 86.0 Å². The van der Waals surface area contributed by atoms with Crippen LogP contribution in [0.1, 0.15) is 31.4 Å². The summed E-state index contributed by atoms with van der Waals surface area (Å²) in [6, 6.07) is 14.1. The number of hydrogen-bond acceptors (Lipinski definition) is 8. The summed E-state index contributed by atoms with van der Waals surface area (Å²) >= 11 is 0. The van der Waals surface area contributed by atoms with Crippen LogP contribution in [0.25, 0.3) is 5.65 Å². The molecule has 0 radical (unpaired) electrons. The minimum Gasteiger partial charge on any atom is -0.497 e. The van der Waals surface area contributed by atoms with E-state index < -0.39 is 0 Å². The summed E-state index contributed by atoms with van der Waals surface area (Å²) in [7, 11) is 3.24. The average Bonchev–Trinajstić information content (AvgIpc) is 3.51. The molecule has 1 fully saturated rings. The number of methoxy groups -OCH3 is 2. The first-order valence-electron chi connectivity index (χ1n) is 11.4. The third kappa shape index (κ3) is 4.28. The molecule has 1 saturated heterocycles. The van der Waals surface area contributed by atoms with Gasteiger partial charge in [0.05, 0.1) is 26.9 Å². The number of fused-ring (bicyclic) bond motifs is 1. The van der Waals surface area contributed by atoms with E-state index in [-0.39, 0.29) is 6.04 Å². The van der Waals surface area contributed by atoms with E-state index in [0.717, 1.165) is 36.6 Å². The predicted octanol–water partition coefficient (Wildman–Crippen LogP) is 4.63. The normalized spacial score (nSPS) is 15.5. The second-order valence-corrected chi connectivity index (χ2v) is 8.03. The molecule has 0 spiro atoms. The minimum atomic E-state index is 0.227. The van der Waals surface area contributed by atoms with Crippen molar-refractivity contribution in [3.8, 4) is 17.2 Å². The first kappa shape index (κ1) is 21.8. The summed E-state index contributed by atoms with van der Waals surface area (Å²) in [4.78, 5) is 11.8. The molecule has 1 atom stereocenters. The Kier molecular flexibility index (Phi) is 6.07. The summed E-state index contributed by atoms with van der Waals surface area (Å²) in [5.74, 6) is 3.55. The van der Waals surface area contributed by atoms with Crippen LogP contribution in [-0.2, 0) is 0 Å². The Morgan fingerprint density at radius 3 is 2.50 bits per heavy atom. The summed E-state index contributed by atoms with van der Waals surface area (Å²) in [5.41, 5.74) is 2.72. The zero-order chi connectivity index (χ0) is 23.5. The molecule has 1 unspecified atom stereocenters. The molecule has 0 amide bonds. The highest BCUT2D eigenvalue weighted by Gasteiger charge is 2.29. The maximum Gasteiger partial charge on any atom is 0.247 e. The molecule has 0 saturated carbocycles. The van der Waals surface area contributed by atoms with Gasteiger partial charge >= 0.3 is 0 Å². The molecule has 1 aliphatic rings. The summed E-state index contributed by atoms with van der Waals surface area (Å²) in [6.45, 7) is 3.56. The van der Waals surface area contributed by atoms with Gasteiger partial charge in [-0.25, -0.2) is 9.50 Å². The van der Waals surface area contributed by atoms with Gasteiger partial charge in [0.25, 0.3) is 0 Å². The van der Waals surface area contributed by atoms with Crippen molar-refractivity contribution in [2.24, 2.45) is 0 Å². The predicted molar refractivity (Wildman–Crippen MR) is 131 cm³/mol. The van der Waals surface area contributed by atoms with Gasteiger partial charge in [0.15, 0.2) is 11.5 Å². The summed E-state index contributed by atoms with van der Waals surface area (Å²) in [6.07, 6.45) is 5.72. The van der Waals surface area contributed by atoms with E-state index in [1.165, 1.54) is 5.56 Å². The number of nitrogens with zero attached hydrogens (tertiary/aromatic N) is 5. The second-order valence-electron chi connectivity index (χ2n) is 8.03. The highest BCUT2D eigenvalue weighted by atomic mass is 16.5. The van der Waals surface area contributed by atoms with Crippen molar-refractivity contribution in [2.45, 2.75) is 25.8 Å². The molecule has 2 aromatic heterocycles. The molecular weight excluding hydrogens is 432 g/mol. The average molecular weight is 461 g/mol. The van der Waals surface area contributed by atoms with Crippen molar-refractivity contribution in [2.75, 3.05) is 37.6 Å². The first-order chi connectivity index (χ1) is 16.7. The lowest BCUT2D eigenvalue weighted by Gasteiger charge is -2.26. The number of benzene rings is 2. The van der Waals surface area contributed by atoms with E-state index in [1.54, 1.807) is 24.9 Å². The Labute approximate surface area is 198 Å². The molecular formula is C25H28N6O3. The molecule has 1 aliphatic heterocycles. The third-order valence-electron chi connectivity index (χ3n) is 5.94. The van der Waals surface area contributed by atoms with Crippen LogP contribution >= 0.6 is 0 Å². The molecule has 5 rings (SSSR count). The molecule has 2 aromatic carbocycles. The first-order valence-corrected chi connectivity index (χ1v) is 11.4. The van der Waals surface area contributed by atoms with E-state index in [0.29, 0.717) is 29.7 Å². The Morgan fingerprint density at radius 1 is 1.03 bits per heavy atom. The van der Waals surface area contributed by atoms with Gasteiger partial charge in [-0.1, -0.05) is 12.1 Å². The van der Waals surface area contributed by atoms with Crippen LogP contribution in [0.2, 0.25) is 0 Å². The number of hydrogen-bond donors (Lipinski definition) is 1. The fourth-order valence-corrected chi connectivity index (χ4v) is 4.39. The van der Waals surface area contributed by atoms with Gasteiger partial charge in [0.2, 0.25) is 5.95 Å². The van der Waals surface area contributed by atoms with Crippen LogP contribution in [0.5, 0.6) is 17.2 Å². The lowest BCUT2D eigenvalue weighted by atomic mass is 10.0. The molecule has 4 aromatic rings. The Bertz CT molecular complexity index is 1250. The van der Waals surface area contributed by atoms with Gasteiger partial charge in [-0.3, -0.25) is 0 Å². The number of aromatic nitrogens is 4. The summed E-state index contributed by atoms with van der Waals surface area (Å²) < 4.78 is 18.1. The van der Waals surface area contributed by atoms with Gasteiger partial charge in [-0.15, -0.1) is 5.10 Å². The number of rotatable bonds is 8. The molecule has 176 valence electrons. The number of nitrogens with one attached hydrogen (secondary N) is 1. The maximum atomic E-state index is 5.60. The SMILES string of the molecule is CCOc1ccc(C2CCCN2c2nccn3nc(Nc4cc(OC)cc(OC)c4)nc23)cc1. The summed E-state index contributed by atoms with van der Waals surface area (Å²) in [5, 5.41) is 7.87. The smallest absolute Gasteiger partial charge is 0.247 e. The van der Waals surface area contributed by atoms with Gasteiger partial charge in [-0.2, -0.15) is 4.98 Å². The van der Waals surface area contributed by atoms with Crippen LogP contribution in [-0.4, -0.2) is 47.0 Å². The molecule has 9 nitrogen and oxygen atoms in total. The molecule has 0 bridgehead atoms. The zero-order valence-corrected chi connectivity index (χ0v) is 19.6. The fraction of sp³-hybridized carbons (Fsp3) is 0.320. The van der Waals surface area contributed by atoms with Crippen LogP contribution in [0.3, 0.4) is 0 Å². The van der Waals surface area contributed by atoms with Crippen molar-refractivity contribution in [1.82, 2.24) is 19.6 Å². The van der Waals surface area contributed by atoms with Crippen LogP contribution in [0.15, 0.2) is 54.9 Å². The van der Waals surface area contributed by atoms with Crippen LogP contribution in [0.4, 0.5) is 17.5 Å². The largest absolute Gasteiger partial charge is 0.497 e. The lowest BCUT2D eigenvalue weighted by Crippen LogP contribution is -2.24. The van der Waals surface area contributed by atoms with E-state index in [9.17, 15) is 0 Å². The fourth-order valence-electron chi connectivity index (χ4n) is 4.39. The zero-order valence-electron chi connectivity index (χ0n) is 19.6. The Morgan fingerprint density at radius 2 is 1.79 bits per heavy atom. The third-order valence-corrected chi connectivity index (χ3v) is 5.94. The van der Waals surface area contributed by atoms with Crippen LogP contribution in [0, 0.1) is 0 Å². The maximum absolute atomic E-state index is 5.60. The quantitative estimate of drug-likeness (QED) is 0.408. The van der Waals surface area contributed by atoms with Crippen molar-refractivity contribution in [1.29, 1.82) is 0 Å². The Hall–Kier alpha value is -4.01. The lowest BCUT2D eigenvalue weighted by molar-refractivity contribution is 0.340. The molecule has 0 aliphatic carbocycles. The van der Waals surface area contributed by atoms with E-state index in [2.05, 4.69) is 27.4 Å². The molecule has 1 N–H and O–H groups in total. The molecule has 34 heavy (non-hydrogen) atoms. The van der Waals surface area contributed by atoms with Crippen molar-refractivity contribution < 1.29 is 14.2 Å². The van der Waals surface area contributed by atoms with E-state index in [1.807, 2.05) is 43.5 Å². The van der Waals surface area contributed by atoms with Crippen molar-refractivity contribution >= 4 is 23.1 Å². The van der Waals surface area contributed by atoms with Gasteiger partial charge in [0.1, 0.15) is 17.2 Å². The van der Waals surface area contributed by atoms with E-state index >= 15 is 0 Å². The minimum absolute atomic E-state index is 0.227. The van der Waals surface area contributed by atoms with Gasteiger partial charge in [-0.05, 0) is 37.5 Å². The van der Waals surface area contributed by atoms with Crippen LogP contribution < -0.4 is 24.4 Å². The number of anilines is 3.